The summed E-state index contributed by atoms with van der Waals surface area (Å²) in [5.74, 6) is -0.964. The van der Waals surface area contributed by atoms with Gasteiger partial charge in [-0.2, -0.15) is 4.98 Å². The molecule has 3 aromatic rings. The van der Waals surface area contributed by atoms with Crippen LogP contribution < -0.4 is 10.2 Å². The SMILES string of the molecule is Cc1cc(Nc2ncn(-c3cc(F)cc(F)c3)n2)cc(N2CC(N3C[C@@H](C)O[C@@H](C)C3)C2)c1.[HH]. The van der Waals surface area contributed by atoms with Crippen LogP contribution in [-0.2, 0) is 4.74 Å². The Hall–Kier alpha value is -3.04. The molecule has 9 heteroatoms. The van der Waals surface area contributed by atoms with Crippen molar-refractivity contribution < 1.29 is 14.9 Å². The summed E-state index contributed by atoms with van der Waals surface area (Å²) in [5.41, 5.74) is 3.41. The van der Waals surface area contributed by atoms with E-state index in [1.165, 1.54) is 23.1 Å². The highest BCUT2D eigenvalue weighted by Gasteiger charge is 2.35. The number of nitrogens with zero attached hydrogens (tertiary/aromatic N) is 5. The summed E-state index contributed by atoms with van der Waals surface area (Å²) in [4.78, 5) is 9.14. The van der Waals surface area contributed by atoms with Gasteiger partial charge in [-0.15, -0.1) is 5.10 Å². The normalized spacial score (nSPS) is 21.8. The van der Waals surface area contributed by atoms with Gasteiger partial charge in [0, 0.05) is 51.1 Å². The van der Waals surface area contributed by atoms with E-state index in [9.17, 15) is 8.78 Å². The lowest BCUT2D eigenvalue weighted by Gasteiger charge is -2.49. The molecule has 2 atom stereocenters. The van der Waals surface area contributed by atoms with Crippen LogP contribution in [0.1, 0.15) is 20.8 Å². The maximum absolute atomic E-state index is 13.5. The van der Waals surface area contributed by atoms with Crippen LogP contribution >= 0.6 is 0 Å². The second kappa shape index (κ2) is 8.72. The Labute approximate surface area is 193 Å². The molecule has 7 nitrogen and oxygen atoms in total. The summed E-state index contributed by atoms with van der Waals surface area (Å²) in [6, 6.07) is 10.1. The molecule has 2 aliphatic heterocycles. The lowest BCUT2D eigenvalue weighted by Crippen LogP contribution is -2.63. The van der Waals surface area contributed by atoms with Crippen LogP contribution in [0.4, 0.5) is 26.1 Å². The van der Waals surface area contributed by atoms with Crippen LogP contribution in [0, 0.1) is 18.6 Å². The average Bonchev–Trinajstić information content (AvgIpc) is 3.13. The Balaban J connectivity index is 0.00000274. The zero-order valence-electron chi connectivity index (χ0n) is 19.0. The van der Waals surface area contributed by atoms with E-state index in [1.54, 1.807) is 0 Å². The van der Waals surface area contributed by atoms with Crippen molar-refractivity contribution in [1.29, 1.82) is 0 Å². The van der Waals surface area contributed by atoms with Gasteiger partial charge in [0.05, 0.1) is 17.9 Å². The van der Waals surface area contributed by atoms with Crippen molar-refractivity contribution in [1.82, 2.24) is 19.7 Å². The van der Waals surface area contributed by atoms with Crippen molar-refractivity contribution in [2.24, 2.45) is 0 Å². The topological polar surface area (TPSA) is 58.5 Å². The highest BCUT2D eigenvalue weighted by atomic mass is 19.1. The second-order valence-electron chi connectivity index (χ2n) is 9.09. The van der Waals surface area contributed by atoms with Crippen LogP contribution in [0.25, 0.3) is 5.69 Å². The lowest BCUT2D eigenvalue weighted by molar-refractivity contribution is -0.0831. The van der Waals surface area contributed by atoms with Gasteiger partial charge in [0.1, 0.15) is 18.0 Å². The van der Waals surface area contributed by atoms with Gasteiger partial charge in [-0.25, -0.2) is 13.5 Å². The van der Waals surface area contributed by atoms with Crippen molar-refractivity contribution in [2.75, 3.05) is 36.4 Å². The fraction of sp³-hybridized carbons (Fsp3) is 0.417. The first-order valence-corrected chi connectivity index (χ1v) is 11.2. The van der Waals surface area contributed by atoms with E-state index >= 15 is 0 Å². The predicted molar refractivity (Wildman–Crippen MR) is 125 cm³/mol. The Morgan fingerprint density at radius 1 is 0.939 bits per heavy atom. The monoisotopic (exact) mass is 456 g/mol. The van der Waals surface area contributed by atoms with E-state index in [2.05, 4.69) is 58.1 Å². The molecule has 0 radical (unpaired) electrons. The van der Waals surface area contributed by atoms with Gasteiger partial charge in [-0.1, -0.05) is 0 Å². The minimum atomic E-state index is -0.660. The van der Waals surface area contributed by atoms with E-state index < -0.39 is 11.6 Å². The average molecular weight is 457 g/mol. The number of benzene rings is 2. The smallest absolute Gasteiger partial charge is 0.246 e. The van der Waals surface area contributed by atoms with Gasteiger partial charge in [0.15, 0.2) is 0 Å². The molecule has 0 saturated carbocycles. The number of rotatable bonds is 5. The molecule has 1 aromatic heterocycles. The summed E-state index contributed by atoms with van der Waals surface area (Å²) < 4.78 is 34.3. The molecule has 0 aliphatic carbocycles. The summed E-state index contributed by atoms with van der Waals surface area (Å²) in [6.45, 7) is 10.3. The molecule has 2 aliphatic rings. The quantitative estimate of drug-likeness (QED) is 0.623. The molecule has 0 amide bonds. The van der Waals surface area contributed by atoms with Crippen LogP contribution in [-0.4, -0.2) is 64.1 Å². The minimum Gasteiger partial charge on any atom is -0.373 e. The molecule has 5 rings (SSSR count). The van der Waals surface area contributed by atoms with E-state index in [1.807, 2.05) is 6.07 Å². The third kappa shape index (κ3) is 4.84. The van der Waals surface area contributed by atoms with Gasteiger partial charge in [-0.05, 0) is 56.7 Å². The Morgan fingerprint density at radius 3 is 2.33 bits per heavy atom. The molecule has 2 saturated heterocycles. The molecule has 1 N–H and O–H groups in total. The van der Waals surface area contributed by atoms with Crippen molar-refractivity contribution in [2.45, 2.75) is 39.0 Å². The Morgan fingerprint density at radius 2 is 1.64 bits per heavy atom. The zero-order chi connectivity index (χ0) is 23.1. The summed E-state index contributed by atoms with van der Waals surface area (Å²) >= 11 is 0. The first-order valence-electron chi connectivity index (χ1n) is 11.2. The number of halogens is 2. The molecular formula is C24H30F2N6O. The number of aryl methyl sites for hydroxylation is 1. The third-order valence-corrected chi connectivity index (χ3v) is 6.11. The van der Waals surface area contributed by atoms with Gasteiger partial charge < -0.3 is 15.0 Å². The molecule has 0 unspecified atom stereocenters. The summed E-state index contributed by atoms with van der Waals surface area (Å²) in [6.07, 6.45) is 1.97. The molecule has 33 heavy (non-hydrogen) atoms. The third-order valence-electron chi connectivity index (χ3n) is 6.11. The first kappa shape index (κ1) is 21.8. The van der Waals surface area contributed by atoms with E-state index in [0.717, 1.165) is 49.2 Å². The highest BCUT2D eigenvalue weighted by molar-refractivity contribution is 5.65. The summed E-state index contributed by atoms with van der Waals surface area (Å²) in [5, 5.41) is 7.52. The van der Waals surface area contributed by atoms with Gasteiger partial charge in [0.25, 0.3) is 0 Å². The van der Waals surface area contributed by atoms with Crippen LogP contribution in [0.5, 0.6) is 0 Å². The Kier molecular flexibility index (Phi) is 5.76. The van der Waals surface area contributed by atoms with Crippen molar-refractivity contribution in [3.63, 3.8) is 0 Å². The molecule has 0 spiro atoms. The first-order chi connectivity index (χ1) is 15.8. The van der Waals surface area contributed by atoms with Crippen LogP contribution in [0.2, 0.25) is 0 Å². The number of anilines is 3. The number of hydrogen-bond acceptors (Lipinski definition) is 6. The van der Waals surface area contributed by atoms with E-state index in [0.29, 0.717) is 12.0 Å². The van der Waals surface area contributed by atoms with Crippen LogP contribution in [0.3, 0.4) is 0 Å². The van der Waals surface area contributed by atoms with Crippen LogP contribution in [0.15, 0.2) is 42.7 Å². The second-order valence-corrected chi connectivity index (χ2v) is 9.09. The predicted octanol–water partition coefficient (Wildman–Crippen LogP) is 4.14. The molecule has 2 aromatic carbocycles. The lowest BCUT2D eigenvalue weighted by atomic mass is 10.0. The molecule has 2 fully saturated rings. The molecule has 0 bridgehead atoms. The number of aromatic nitrogens is 3. The Bertz CT molecular complexity index is 1120. The number of hydrogen-bond donors (Lipinski definition) is 1. The largest absolute Gasteiger partial charge is 0.373 e. The van der Waals surface area contributed by atoms with Crippen molar-refractivity contribution in [3.05, 3.63) is 59.9 Å². The van der Waals surface area contributed by atoms with Gasteiger partial charge >= 0.3 is 0 Å². The fourth-order valence-electron chi connectivity index (χ4n) is 4.68. The van der Waals surface area contributed by atoms with Crippen molar-refractivity contribution in [3.8, 4) is 5.69 Å². The maximum Gasteiger partial charge on any atom is 0.246 e. The highest BCUT2D eigenvalue weighted by Crippen LogP contribution is 2.30. The fourth-order valence-corrected chi connectivity index (χ4v) is 4.68. The standard InChI is InChI=1S/C24H28F2N6O.H2/c1-15-4-20(28-24-27-14-32(29-24)22-7-18(25)6-19(26)8-22)9-21(5-15)31-12-23(13-31)30-10-16(2)33-17(3)11-30;/h4-9,14,16-17,23H,10-13H2,1-3H3,(H,28,29);1H/t16-,17+;. The minimum absolute atomic E-state index is 0. The molecular weight excluding hydrogens is 426 g/mol. The van der Waals surface area contributed by atoms with E-state index in [-0.39, 0.29) is 19.3 Å². The number of morpholine rings is 1. The van der Waals surface area contributed by atoms with Crippen molar-refractivity contribution >= 4 is 17.3 Å². The summed E-state index contributed by atoms with van der Waals surface area (Å²) in [7, 11) is 0. The molecule has 3 heterocycles. The zero-order valence-corrected chi connectivity index (χ0v) is 19.0. The van der Waals surface area contributed by atoms with Gasteiger partial charge in [-0.3, -0.25) is 4.90 Å². The maximum atomic E-state index is 13.5. The number of ether oxygens (including phenoxy) is 1. The number of nitrogens with one attached hydrogen (secondary N) is 1. The van der Waals surface area contributed by atoms with E-state index in [4.69, 9.17) is 4.74 Å². The molecule has 176 valence electrons. The van der Waals surface area contributed by atoms with Gasteiger partial charge in [0.2, 0.25) is 5.95 Å².